The SMILES string of the molecule is Cc1cccc(-c2ccc(C=CC3C(C)C(F)(F)CC4(C(N)=O)C(=O)OC(C)[C@@H]34)nc2)c1F. The summed E-state index contributed by atoms with van der Waals surface area (Å²) >= 11 is 0. The van der Waals surface area contributed by atoms with Crippen molar-refractivity contribution in [3.63, 3.8) is 0 Å². The number of pyridine rings is 1. The number of ether oxygens (including phenoxy) is 1. The summed E-state index contributed by atoms with van der Waals surface area (Å²) in [6.45, 7) is 4.66. The van der Waals surface area contributed by atoms with E-state index < -0.39 is 53.5 Å². The van der Waals surface area contributed by atoms with Crippen LogP contribution in [0.5, 0.6) is 0 Å². The number of rotatable bonds is 4. The number of nitrogens with two attached hydrogens (primary N) is 1. The average molecular weight is 458 g/mol. The van der Waals surface area contributed by atoms with Gasteiger partial charge in [-0.3, -0.25) is 14.6 Å². The highest BCUT2D eigenvalue weighted by Crippen LogP contribution is 2.59. The molecular weight excluding hydrogens is 433 g/mol. The van der Waals surface area contributed by atoms with Crippen molar-refractivity contribution >= 4 is 18.0 Å². The van der Waals surface area contributed by atoms with Crippen molar-refractivity contribution in [2.75, 3.05) is 0 Å². The molecule has 2 aliphatic rings. The van der Waals surface area contributed by atoms with Crippen molar-refractivity contribution in [3.8, 4) is 11.1 Å². The van der Waals surface area contributed by atoms with Crippen LogP contribution in [0.2, 0.25) is 0 Å². The lowest BCUT2D eigenvalue weighted by Gasteiger charge is -2.46. The number of alkyl halides is 2. The van der Waals surface area contributed by atoms with E-state index in [1.165, 1.54) is 13.1 Å². The Morgan fingerprint density at radius 1 is 1.24 bits per heavy atom. The number of primary amides is 1. The van der Waals surface area contributed by atoms with Gasteiger partial charge in [-0.25, -0.2) is 13.2 Å². The van der Waals surface area contributed by atoms with Gasteiger partial charge in [0, 0.05) is 35.6 Å². The first-order valence-electron chi connectivity index (χ1n) is 10.8. The molecule has 0 spiro atoms. The van der Waals surface area contributed by atoms with Crippen LogP contribution in [0.1, 0.15) is 31.5 Å². The van der Waals surface area contributed by atoms with Gasteiger partial charge in [0.25, 0.3) is 5.92 Å². The first-order chi connectivity index (χ1) is 15.5. The summed E-state index contributed by atoms with van der Waals surface area (Å²) in [5.74, 6) is -8.50. The van der Waals surface area contributed by atoms with E-state index in [-0.39, 0.29) is 5.82 Å². The predicted octanol–water partition coefficient (Wildman–Crippen LogP) is 4.53. The van der Waals surface area contributed by atoms with Crippen molar-refractivity contribution in [2.45, 2.75) is 39.2 Å². The van der Waals surface area contributed by atoms with Crippen LogP contribution in [0.25, 0.3) is 17.2 Å². The Morgan fingerprint density at radius 3 is 2.61 bits per heavy atom. The maximum atomic E-state index is 14.9. The minimum absolute atomic E-state index is 0.330. The Kier molecular flexibility index (Phi) is 5.58. The van der Waals surface area contributed by atoms with E-state index in [9.17, 15) is 22.8 Å². The lowest BCUT2D eigenvalue weighted by Crippen LogP contribution is -2.58. The third kappa shape index (κ3) is 3.61. The minimum Gasteiger partial charge on any atom is -0.461 e. The number of allylic oxidation sites excluding steroid dienone is 1. The molecule has 8 heteroatoms. The van der Waals surface area contributed by atoms with E-state index >= 15 is 0 Å². The first kappa shape index (κ1) is 23.0. The van der Waals surface area contributed by atoms with Crippen LogP contribution in [0, 0.1) is 35.9 Å². The monoisotopic (exact) mass is 458 g/mol. The van der Waals surface area contributed by atoms with Crippen LogP contribution < -0.4 is 5.73 Å². The molecule has 0 bridgehead atoms. The number of nitrogens with zero attached hydrogens (tertiary/aromatic N) is 1. The molecule has 2 heterocycles. The van der Waals surface area contributed by atoms with Crippen LogP contribution in [0.4, 0.5) is 13.2 Å². The molecule has 0 radical (unpaired) electrons. The maximum Gasteiger partial charge on any atom is 0.322 e. The van der Waals surface area contributed by atoms with Gasteiger partial charge in [0.05, 0.1) is 5.69 Å². The van der Waals surface area contributed by atoms with Gasteiger partial charge in [-0.1, -0.05) is 37.3 Å². The quantitative estimate of drug-likeness (QED) is 0.539. The van der Waals surface area contributed by atoms with E-state index in [2.05, 4.69) is 4.98 Å². The number of benzene rings is 1. The van der Waals surface area contributed by atoms with Crippen molar-refractivity contribution in [3.05, 3.63) is 59.7 Å². The Labute approximate surface area is 189 Å². The number of fused-ring (bicyclic) bond motifs is 1. The number of cyclic esters (lactones) is 1. The Bertz CT molecular complexity index is 1130. The molecule has 5 nitrogen and oxygen atoms in total. The number of hydrogen-bond donors (Lipinski definition) is 1. The largest absolute Gasteiger partial charge is 0.461 e. The zero-order valence-corrected chi connectivity index (χ0v) is 18.5. The van der Waals surface area contributed by atoms with Crippen LogP contribution >= 0.6 is 0 Å². The molecular formula is C25H25F3N2O3. The van der Waals surface area contributed by atoms with E-state index in [0.29, 0.717) is 22.4 Å². The summed E-state index contributed by atoms with van der Waals surface area (Å²) in [6, 6.07) is 8.43. The number of halogens is 3. The molecule has 1 aliphatic heterocycles. The molecule has 1 aliphatic carbocycles. The van der Waals surface area contributed by atoms with Crippen LogP contribution in [0.15, 0.2) is 42.6 Å². The van der Waals surface area contributed by atoms with E-state index in [0.717, 1.165) is 0 Å². The zero-order valence-electron chi connectivity index (χ0n) is 18.5. The lowest BCUT2D eigenvalue weighted by atomic mass is 9.56. The second-order valence-corrected chi connectivity index (χ2v) is 9.04. The second kappa shape index (κ2) is 8.01. The summed E-state index contributed by atoms with van der Waals surface area (Å²) in [7, 11) is 0. The van der Waals surface area contributed by atoms with Gasteiger partial charge in [-0.2, -0.15) is 0 Å². The van der Waals surface area contributed by atoms with E-state index in [1.807, 2.05) is 0 Å². The summed E-state index contributed by atoms with van der Waals surface area (Å²) in [5.41, 5.74) is 5.41. The fourth-order valence-corrected chi connectivity index (χ4v) is 5.22. The molecule has 2 aromatic rings. The second-order valence-electron chi connectivity index (χ2n) is 9.04. The molecule has 2 N–H and O–H groups in total. The van der Waals surface area contributed by atoms with Gasteiger partial charge >= 0.3 is 5.97 Å². The number of esters is 1. The fourth-order valence-electron chi connectivity index (χ4n) is 5.22. The third-order valence-electron chi connectivity index (χ3n) is 7.12. The number of amides is 1. The van der Waals surface area contributed by atoms with Gasteiger partial charge in [0.15, 0.2) is 5.41 Å². The van der Waals surface area contributed by atoms with Gasteiger partial charge in [0.2, 0.25) is 5.91 Å². The normalized spacial score (nSPS) is 30.8. The summed E-state index contributed by atoms with van der Waals surface area (Å²) < 4.78 is 49.5. The lowest BCUT2D eigenvalue weighted by molar-refractivity contribution is -0.177. The van der Waals surface area contributed by atoms with Gasteiger partial charge in [0.1, 0.15) is 11.9 Å². The Balaban J connectivity index is 1.67. The zero-order chi connectivity index (χ0) is 24.1. The molecule has 4 rings (SSSR count). The highest BCUT2D eigenvalue weighted by molar-refractivity contribution is 6.04. The van der Waals surface area contributed by atoms with E-state index in [4.69, 9.17) is 10.5 Å². The molecule has 1 saturated heterocycles. The van der Waals surface area contributed by atoms with Crippen LogP contribution in [-0.4, -0.2) is 28.9 Å². The van der Waals surface area contributed by atoms with Crippen molar-refractivity contribution in [1.29, 1.82) is 0 Å². The van der Waals surface area contributed by atoms with E-state index in [1.54, 1.807) is 56.3 Å². The van der Waals surface area contributed by atoms with Crippen molar-refractivity contribution in [1.82, 2.24) is 4.98 Å². The molecule has 1 saturated carbocycles. The Morgan fingerprint density at radius 2 is 1.97 bits per heavy atom. The minimum atomic E-state index is -3.29. The average Bonchev–Trinajstić information content (AvgIpc) is 3.01. The smallest absolute Gasteiger partial charge is 0.322 e. The number of aryl methyl sites for hydroxylation is 1. The topological polar surface area (TPSA) is 82.3 Å². The molecule has 1 aromatic carbocycles. The molecule has 2 fully saturated rings. The molecule has 33 heavy (non-hydrogen) atoms. The molecule has 5 atom stereocenters. The number of carbonyl (C=O) groups excluding carboxylic acids is 2. The molecule has 174 valence electrons. The summed E-state index contributed by atoms with van der Waals surface area (Å²) in [6.07, 6.45) is 2.94. The highest BCUT2D eigenvalue weighted by Gasteiger charge is 2.70. The maximum absolute atomic E-state index is 14.9. The molecule has 4 unspecified atom stereocenters. The standard InChI is InChI=1S/C25H25F3N2O3/c1-13-5-4-6-19(21(13)26)16-7-8-17(30-11-16)9-10-18-14(2)25(27,28)12-24(22(29)31)20(18)15(3)33-23(24)32/h4-11,14-15,18,20H,12H2,1-3H3,(H2,29,31)/t14?,15?,18?,20-,24?/m0/s1. The van der Waals surface area contributed by atoms with Gasteiger partial charge in [-0.15, -0.1) is 0 Å². The third-order valence-corrected chi connectivity index (χ3v) is 7.12. The highest BCUT2D eigenvalue weighted by atomic mass is 19.3. The van der Waals surface area contributed by atoms with Crippen LogP contribution in [0.3, 0.4) is 0 Å². The van der Waals surface area contributed by atoms with Gasteiger partial charge in [-0.05, 0) is 37.5 Å². The number of hydrogen-bond acceptors (Lipinski definition) is 4. The van der Waals surface area contributed by atoms with Crippen LogP contribution in [-0.2, 0) is 14.3 Å². The van der Waals surface area contributed by atoms with Crippen molar-refractivity contribution < 1.29 is 27.5 Å². The molecule has 1 aromatic heterocycles. The summed E-state index contributed by atoms with van der Waals surface area (Å²) in [4.78, 5) is 29.1. The number of carbonyl (C=O) groups is 2. The predicted molar refractivity (Wildman–Crippen MR) is 116 cm³/mol. The Hall–Kier alpha value is -3.16. The fraction of sp³-hybridized carbons (Fsp3) is 0.400. The van der Waals surface area contributed by atoms with Gasteiger partial charge < -0.3 is 10.5 Å². The summed E-state index contributed by atoms with van der Waals surface area (Å²) in [5, 5.41) is 0. The number of aromatic nitrogens is 1. The first-order valence-corrected chi connectivity index (χ1v) is 10.8. The molecule has 1 amide bonds. The van der Waals surface area contributed by atoms with Crippen molar-refractivity contribution in [2.24, 2.45) is 28.9 Å².